The lowest BCUT2D eigenvalue weighted by atomic mass is 9.91. The second-order valence-corrected chi connectivity index (χ2v) is 7.83. The fourth-order valence-corrected chi connectivity index (χ4v) is 4.61. The minimum absolute atomic E-state index is 0.243. The average molecular weight is 281 g/mol. The van der Waals surface area contributed by atoms with Crippen LogP contribution in [-0.2, 0) is 10.0 Å². The van der Waals surface area contributed by atoms with Gasteiger partial charge in [-0.15, -0.1) is 0 Å². The van der Waals surface area contributed by atoms with Gasteiger partial charge < -0.3 is 5.11 Å². The zero-order valence-electron chi connectivity index (χ0n) is 11.3. The Bertz CT molecular complexity index is 614. The van der Waals surface area contributed by atoms with E-state index in [4.69, 9.17) is 0 Å². The number of β-amino-alcohol motifs (C(OH)–C–C–N with tert-alkyl or cyclic N) is 1. The maximum atomic E-state index is 12.5. The van der Waals surface area contributed by atoms with Crippen LogP contribution < -0.4 is 0 Å². The molecule has 0 amide bonds. The lowest BCUT2D eigenvalue weighted by Gasteiger charge is -2.45. The van der Waals surface area contributed by atoms with Gasteiger partial charge >= 0.3 is 0 Å². The van der Waals surface area contributed by atoms with Crippen molar-refractivity contribution in [1.82, 2.24) is 4.31 Å². The summed E-state index contributed by atoms with van der Waals surface area (Å²) in [5, 5.41) is 10.2. The summed E-state index contributed by atoms with van der Waals surface area (Å²) in [5.41, 5.74) is 1.04. The highest BCUT2D eigenvalue weighted by Crippen LogP contribution is 2.46. The highest BCUT2D eigenvalue weighted by Gasteiger charge is 2.55. The van der Waals surface area contributed by atoms with Crippen LogP contribution in [0.2, 0.25) is 0 Å². The molecule has 2 fully saturated rings. The summed E-state index contributed by atoms with van der Waals surface area (Å²) in [5.74, 6) is 0.304. The van der Waals surface area contributed by atoms with E-state index < -0.39 is 15.6 Å². The zero-order chi connectivity index (χ0) is 13.8. The first kappa shape index (κ1) is 13.1. The van der Waals surface area contributed by atoms with Crippen molar-refractivity contribution in [2.45, 2.75) is 37.2 Å². The molecule has 4 nitrogen and oxygen atoms in total. The molecule has 1 aromatic rings. The molecule has 104 valence electrons. The molecule has 1 heterocycles. The van der Waals surface area contributed by atoms with E-state index in [2.05, 4.69) is 0 Å². The van der Waals surface area contributed by atoms with Gasteiger partial charge in [-0.25, -0.2) is 8.42 Å². The van der Waals surface area contributed by atoms with E-state index >= 15 is 0 Å². The van der Waals surface area contributed by atoms with E-state index in [0.29, 0.717) is 10.8 Å². The van der Waals surface area contributed by atoms with E-state index in [9.17, 15) is 13.5 Å². The molecule has 1 aliphatic heterocycles. The Labute approximate surface area is 114 Å². The van der Waals surface area contributed by atoms with Crippen molar-refractivity contribution in [3.8, 4) is 0 Å². The first-order valence-corrected chi connectivity index (χ1v) is 8.07. The molecule has 2 aliphatic rings. The number of hydrogen-bond acceptors (Lipinski definition) is 3. The van der Waals surface area contributed by atoms with Gasteiger partial charge in [0.05, 0.1) is 10.5 Å². The van der Waals surface area contributed by atoms with Crippen LogP contribution >= 0.6 is 0 Å². The minimum atomic E-state index is -3.45. The molecule has 1 aromatic carbocycles. The molecule has 0 radical (unpaired) electrons. The van der Waals surface area contributed by atoms with Gasteiger partial charge in [0.2, 0.25) is 10.0 Å². The Balaban J connectivity index is 1.84. The molecule has 0 bridgehead atoms. The van der Waals surface area contributed by atoms with Gasteiger partial charge in [-0.1, -0.05) is 17.7 Å². The predicted octanol–water partition coefficient (Wildman–Crippen LogP) is 1.45. The SMILES string of the molecule is Cc1ccc(S(=O)(=O)N2CC(O)(C3CC3)C2)c(C)c1. The molecule has 3 rings (SSSR count). The van der Waals surface area contributed by atoms with Crippen molar-refractivity contribution in [2.24, 2.45) is 5.92 Å². The number of aliphatic hydroxyl groups is 1. The molecule has 0 atom stereocenters. The molecule has 0 unspecified atom stereocenters. The number of rotatable bonds is 3. The molecule has 1 saturated heterocycles. The lowest BCUT2D eigenvalue weighted by Crippen LogP contribution is -2.64. The monoisotopic (exact) mass is 281 g/mol. The third kappa shape index (κ3) is 2.10. The van der Waals surface area contributed by atoms with E-state index in [-0.39, 0.29) is 13.1 Å². The van der Waals surface area contributed by atoms with E-state index in [1.54, 1.807) is 6.07 Å². The van der Waals surface area contributed by atoms with Crippen LogP contribution in [-0.4, -0.2) is 36.5 Å². The summed E-state index contributed by atoms with van der Waals surface area (Å²) < 4.78 is 26.4. The van der Waals surface area contributed by atoms with Crippen molar-refractivity contribution >= 4 is 10.0 Å². The maximum Gasteiger partial charge on any atom is 0.243 e. The molecular formula is C14H19NO3S. The number of nitrogens with zero attached hydrogens (tertiary/aromatic N) is 1. The van der Waals surface area contributed by atoms with Crippen molar-refractivity contribution < 1.29 is 13.5 Å². The van der Waals surface area contributed by atoms with Crippen molar-refractivity contribution in [1.29, 1.82) is 0 Å². The van der Waals surface area contributed by atoms with Crippen molar-refractivity contribution in [3.63, 3.8) is 0 Å². The number of aryl methyl sites for hydroxylation is 2. The van der Waals surface area contributed by atoms with E-state index in [1.165, 1.54) is 4.31 Å². The summed E-state index contributed by atoms with van der Waals surface area (Å²) in [6.45, 7) is 4.24. The first-order chi connectivity index (χ1) is 8.83. The topological polar surface area (TPSA) is 57.6 Å². The summed E-state index contributed by atoms with van der Waals surface area (Å²) in [7, 11) is -3.45. The van der Waals surface area contributed by atoms with Gasteiger partial charge in [0.1, 0.15) is 0 Å². The second-order valence-electron chi connectivity index (χ2n) is 5.92. The van der Waals surface area contributed by atoms with Crippen molar-refractivity contribution in [3.05, 3.63) is 29.3 Å². The standard InChI is InChI=1S/C14H19NO3S/c1-10-3-6-13(11(2)7-10)19(17,18)15-8-14(16,9-15)12-4-5-12/h3,6-7,12,16H,4-5,8-9H2,1-2H3. The van der Waals surface area contributed by atoms with Crippen LogP contribution in [0.1, 0.15) is 24.0 Å². The molecule has 1 N–H and O–H groups in total. The van der Waals surface area contributed by atoms with E-state index in [0.717, 1.165) is 24.0 Å². The smallest absolute Gasteiger partial charge is 0.243 e. The Morgan fingerprint density at radius 2 is 1.89 bits per heavy atom. The molecule has 1 saturated carbocycles. The van der Waals surface area contributed by atoms with Crippen LogP contribution in [0, 0.1) is 19.8 Å². The largest absolute Gasteiger partial charge is 0.387 e. The van der Waals surface area contributed by atoms with Crippen LogP contribution in [0.15, 0.2) is 23.1 Å². The van der Waals surface area contributed by atoms with Gasteiger partial charge in [-0.3, -0.25) is 0 Å². The van der Waals surface area contributed by atoms with Gasteiger partial charge in [0.25, 0.3) is 0 Å². The summed E-state index contributed by atoms with van der Waals surface area (Å²) in [6.07, 6.45) is 2.04. The van der Waals surface area contributed by atoms with Gasteiger partial charge in [0.15, 0.2) is 0 Å². The fraction of sp³-hybridized carbons (Fsp3) is 0.571. The van der Waals surface area contributed by atoms with E-state index in [1.807, 2.05) is 26.0 Å². The second kappa shape index (κ2) is 4.04. The highest BCUT2D eigenvalue weighted by atomic mass is 32.2. The van der Waals surface area contributed by atoms with Gasteiger partial charge in [-0.05, 0) is 44.2 Å². The highest BCUT2D eigenvalue weighted by molar-refractivity contribution is 7.89. The first-order valence-electron chi connectivity index (χ1n) is 6.63. The van der Waals surface area contributed by atoms with Gasteiger partial charge in [0, 0.05) is 13.1 Å². The molecular weight excluding hydrogens is 262 g/mol. The maximum absolute atomic E-state index is 12.5. The molecule has 5 heteroatoms. The van der Waals surface area contributed by atoms with Crippen molar-refractivity contribution in [2.75, 3.05) is 13.1 Å². The summed E-state index contributed by atoms with van der Waals surface area (Å²) in [6, 6.07) is 5.35. The Morgan fingerprint density at radius 1 is 1.26 bits per heavy atom. The quantitative estimate of drug-likeness (QED) is 0.912. The molecule has 0 aromatic heterocycles. The Morgan fingerprint density at radius 3 is 2.42 bits per heavy atom. The van der Waals surface area contributed by atoms with Gasteiger partial charge in [-0.2, -0.15) is 4.31 Å². The predicted molar refractivity (Wildman–Crippen MR) is 72.3 cm³/mol. The summed E-state index contributed by atoms with van der Waals surface area (Å²) in [4.78, 5) is 0.357. The van der Waals surface area contributed by atoms with Crippen LogP contribution in [0.3, 0.4) is 0 Å². The normalized spacial score (nSPS) is 23.1. The Kier molecular flexibility index (Phi) is 2.78. The number of hydrogen-bond donors (Lipinski definition) is 1. The summed E-state index contributed by atoms with van der Waals surface area (Å²) >= 11 is 0. The Hall–Kier alpha value is -0.910. The third-order valence-electron chi connectivity index (χ3n) is 4.19. The minimum Gasteiger partial charge on any atom is -0.387 e. The average Bonchev–Trinajstić information content (AvgIpc) is 3.07. The molecule has 0 spiro atoms. The molecule has 19 heavy (non-hydrogen) atoms. The van der Waals surface area contributed by atoms with Crippen LogP contribution in [0.5, 0.6) is 0 Å². The lowest BCUT2D eigenvalue weighted by molar-refractivity contribution is -0.0764. The van der Waals surface area contributed by atoms with Crippen LogP contribution in [0.4, 0.5) is 0 Å². The number of benzene rings is 1. The number of sulfonamides is 1. The molecule has 1 aliphatic carbocycles. The third-order valence-corrected chi connectivity index (χ3v) is 6.14. The van der Waals surface area contributed by atoms with Crippen LogP contribution in [0.25, 0.3) is 0 Å². The fourth-order valence-electron chi connectivity index (χ4n) is 2.84. The zero-order valence-corrected chi connectivity index (χ0v) is 12.1.